The van der Waals surface area contributed by atoms with Crippen molar-refractivity contribution in [3.63, 3.8) is 0 Å². The number of rotatable bonds is 0. The molecule has 0 unspecified atom stereocenters. The molecule has 0 amide bonds. The molecule has 78 valence electrons. The summed E-state index contributed by atoms with van der Waals surface area (Å²) >= 11 is 8.64. The van der Waals surface area contributed by atoms with Gasteiger partial charge in [0.15, 0.2) is 0 Å². The molecule has 0 atom stereocenters. The molecular formula is C12H12OS2. The zero-order chi connectivity index (χ0) is 11.2. The number of benzene rings is 2. The van der Waals surface area contributed by atoms with Crippen LogP contribution >= 0.6 is 25.3 Å². The standard InChI is InChI=1S/C12H12OS2/c1-6-3-9(14)4-8-5-10(15)7(2)12(13)11(6)8/h3-5,13-15H,1-2H3. The van der Waals surface area contributed by atoms with Crippen molar-refractivity contribution in [2.75, 3.05) is 0 Å². The van der Waals surface area contributed by atoms with Crippen molar-refractivity contribution in [1.82, 2.24) is 0 Å². The van der Waals surface area contributed by atoms with Crippen molar-refractivity contribution in [2.45, 2.75) is 23.6 Å². The van der Waals surface area contributed by atoms with E-state index in [-0.39, 0.29) is 0 Å². The molecule has 0 fully saturated rings. The number of hydrogen-bond donors (Lipinski definition) is 3. The van der Waals surface area contributed by atoms with Gasteiger partial charge in [0.2, 0.25) is 0 Å². The zero-order valence-corrected chi connectivity index (χ0v) is 10.4. The number of aromatic hydroxyl groups is 1. The SMILES string of the molecule is Cc1c(S)cc2cc(S)cc(C)c2c1O. The first-order valence-corrected chi connectivity index (χ1v) is 5.55. The molecule has 0 aromatic heterocycles. The molecule has 2 rings (SSSR count). The van der Waals surface area contributed by atoms with Crippen LogP contribution in [0.15, 0.2) is 28.0 Å². The van der Waals surface area contributed by atoms with E-state index in [2.05, 4.69) is 25.3 Å². The van der Waals surface area contributed by atoms with E-state index in [1.807, 2.05) is 32.0 Å². The van der Waals surface area contributed by atoms with Crippen LogP contribution in [0, 0.1) is 13.8 Å². The van der Waals surface area contributed by atoms with E-state index in [1.165, 1.54) is 0 Å². The molecule has 0 heterocycles. The van der Waals surface area contributed by atoms with Gasteiger partial charge >= 0.3 is 0 Å². The highest BCUT2D eigenvalue weighted by molar-refractivity contribution is 7.80. The Morgan fingerprint density at radius 1 is 1.07 bits per heavy atom. The van der Waals surface area contributed by atoms with E-state index in [0.717, 1.165) is 31.7 Å². The number of thiol groups is 2. The second-order valence-electron chi connectivity index (χ2n) is 3.73. The monoisotopic (exact) mass is 236 g/mol. The van der Waals surface area contributed by atoms with Gasteiger partial charge in [0, 0.05) is 20.7 Å². The van der Waals surface area contributed by atoms with E-state index >= 15 is 0 Å². The lowest BCUT2D eigenvalue weighted by Gasteiger charge is -2.10. The van der Waals surface area contributed by atoms with Crippen LogP contribution in [0.3, 0.4) is 0 Å². The second-order valence-corrected chi connectivity index (χ2v) is 4.73. The molecule has 15 heavy (non-hydrogen) atoms. The van der Waals surface area contributed by atoms with Crippen molar-refractivity contribution in [2.24, 2.45) is 0 Å². The van der Waals surface area contributed by atoms with Crippen LogP contribution in [0.2, 0.25) is 0 Å². The Kier molecular flexibility index (Phi) is 2.61. The summed E-state index contributed by atoms with van der Waals surface area (Å²) in [6.07, 6.45) is 0. The highest BCUT2D eigenvalue weighted by Crippen LogP contribution is 2.36. The topological polar surface area (TPSA) is 20.2 Å². The predicted molar refractivity (Wildman–Crippen MR) is 69.6 cm³/mol. The lowest BCUT2D eigenvalue weighted by atomic mass is 10.0. The Balaban J connectivity index is 2.99. The first-order chi connectivity index (χ1) is 7.00. The maximum atomic E-state index is 10.0. The van der Waals surface area contributed by atoms with E-state index in [9.17, 15) is 5.11 Å². The van der Waals surface area contributed by atoms with Gasteiger partial charge in [-0.1, -0.05) is 0 Å². The smallest absolute Gasteiger partial charge is 0.127 e. The van der Waals surface area contributed by atoms with E-state index in [0.29, 0.717) is 5.75 Å². The Morgan fingerprint density at radius 2 is 1.73 bits per heavy atom. The normalized spacial score (nSPS) is 10.9. The molecule has 2 aromatic rings. The minimum atomic E-state index is 0.323. The third-order valence-electron chi connectivity index (χ3n) is 2.62. The molecule has 2 aromatic carbocycles. The highest BCUT2D eigenvalue weighted by atomic mass is 32.1. The fourth-order valence-corrected chi connectivity index (χ4v) is 2.37. The van der Waals surface area contributed by atoms with Gasteiger partial charge in [0.25, 0.3) is 0 Å². The number of aryl methyl sites for hydroxylation is 1. The van der Waals surface area contributed by atoms with E-state index in [1.54, 1.807) is 0 Å². The fourth-order valence-electron chi connectivity index (χ4n) is 1.80. The van der Waals surface area contributed by atoms with Gasteiger partial charge in [-0.05, 0) is 43.0 Å². The predicted octanol–water partition coefficient (Wildman–Crippen LogP) is 3.74. The van der Waals surface area contributed by atoms with Crippen LogP contribution in [-0.2, 0) is 0 Å². The molecule has 0 aliphatic heterocycles. The molecule has 0 aliphatic carbocycles. The largest absolute Gasteiger partial charge is 0.507 e. The van der Waals surface area contributed by atoms with Gasteiger partial charge in [-0.25, -0.2) is 0 Å². The van der Waals surface area contributed by atoms with Crippen molar-refractivity contribution < 1.29 is 5.11 Å². The molecule has 0 spiro atoms. The van der Waals surface area contributed by atoms with Crippen LogP contribution in [0.1, 0.15) is 11.1 Å². The quantitative estimate of drug-likeness (QED) is 0.595. The van der Waals surface area contributed by atoms with Crippen LogP contribution in [0.5, 0.6) is 5.75 Å². The van der Waals surface area contributed by atoms with Gasteiger partial charge in [-0.2, -0.15) is 0 Å². The summed E-state index contributed by atoms with van der Waals surface area (Å²) in [6.45, 7) is 3.84. The maximum absolute atomic E-state index is 10.0. The summed E-state index contributed by atoms with van der Waals surface area (Å²) in [7, 11) is 0. The van der Waals surface area contributed by atoms with Crippen molar-refractivity contribution >= 4 is 36.0 Å². The zero-order valence-electron chi connectivity index (χ0n) is 8.57. The molecule has 0 saturated heterocycles. The summed E-state index contributed by atoms with van der Waals surface area (Å²) in [6, 6.07) is 5.84. The summed E-state index contributed by atoms with van der Waals surface area (Å²) in [5, 5.41) is 11.9. The van der Waals surface area contributed by atoms with Crippen LogP contribution < -0.4 is 0 Å². The third kappa shape index (κ3) is 1.70. The minimum Gasteiger partial charge on any atom is -0.507 e. The molecule has 1 N–H and O–H groups in total. The Hall–Kier alpha value is -0.800. The van der Waals surface area contributed by atoms with Gasteiger partial charge < -0.3 is 5.11 Å². The summed E-state index contributed by atoms with van der Waals surface area (Å²) in [5.74, 6) is 0.323. The fraction of sp³-hybridized carbons (Fsp3) is 0.167. The lowest BCUT2D eigenvalue weighted by Crippen LogP contribution is -1.85. The lowest BCUT2D eigenvalue weighted by molar-refractivity contribution is 0.475. The number of phenols is 1. The highest BCUT2D eigenvalue weighted by Gasteiger charge is 2.09. The third-order valence-corrected chi connectivity index (χ3v) is 3.34. The first kappa shape index (κ1) is 10.7. The van der Waals surface area contributed by atoms with Gasteiger partial charge in [-0.15, -0.1) is 25.3 Å². The molecule has 0 saturated carbocycles. The van der Waals surface area contributed by atoms with E-state index in [4.69, 9.17) is 0 Å². The molecule has 0 radical (unpaired) electrons. The second kappa shape index (κ2) is 3.65. The van der Waals surface area contributed by atoms with Gasteiger partial charge in [0.05, 0.1) is 0 Å². The Bertz CT molecular complexity index is 547. The minimum absolute atomic E-state index is 0.323. The average molecular weight is 236 g/mol. The van der Waals surface area contributed by atoms with Gasteiger partial charge in [-0.3, -0.25) is 0 Å². The Labute approximate surface area is 99.9 Å². The van der Waals surface area contributed by atoms with Gasteiger partial charge in [0.1, 0.15) is 5.75 Å². The van der Waals surface area contributed by atoms with Crippen molar-refractivity contribution in [3.05, 3.63) is 29.3 Å². The maximum Gasteiger partial charge on any atom is 0.127 e. The average Bonchev–Trinajstić information content (AvgIpc) is 2.13. The molecule has 3 heteroatoms. The molecule has 0 aliphatic rings. The van der Waals surface area contributed by atoms with Crippen molar-refractivity contribution in [1.29, 1.82) is 0 Å². The number of phenolic OH excluding ortho intramolecular Hbond substituents is 1. The summed E-state index contributed by atoms with van der Waals surface area (Å²) in [5.41, 5.74) is 1.85. The number of hydrogen-bond acceptors (Lipinski definition) is 3. The number of fused-ring (bicyclic) bond motifs is 1. The van der Waals surface area contributed by atoms with Crippen molar-refractivity contribution in [3.8, 4) is 5.75 Å². The molecule has 0 bridgehead atoms. The molecule has 1 nitrogen and oxygen atoms in total. The van der Waals surface area contributed by atoms with Crippen LogP contribution in [-0.4, -0.2) is 5.11 Å². The molecular weight excluding hydrogens is 224 g/mol. The summed E-state index contributed by atoms with van der Waals surface area (Å²) < 4.78 is 0. The summed E-state index contributed by atoms with van der Waals surface area (Å²) in [4.78, 5) is 1.70. The first-order valence-electron chi connectivity index (χ1n) is 4.65. The van der Waals surface area contributed by atoms with Crippen LogP contribution in [0.25, 0.3) is 10.8 Å². The van der Waals surface area contributed by atoms with Crippen LogP contribution in [0.4, 0.5) is 0 Å². The Morgan fingerprint density at radius 3 is 2.40 bits per heavy atom. The van der Waals surface area contributed by atoms with E-state index < -0.39 is 0 Å².